The molecule has 602 valence electrons. The number of rotatable bonds is 65. The summed E-state index contributed by atoms with van der Waals surface area (Å²) >= 11 is 0. The zero-order valence-corrected chi connectivity index (χ0v) is 64.5. The fourth-order valence-electron chi connectivity index (χ4n) is 13.5. The molecule has 3 heterocycles. The van der Waals surface area contributed by atoms with Crippen LogP contribution in [0.2, 0.25) is 0 Å². The summed E-state index contributed by atoms with van der Waals surface area (Å²) < 4.78 is 34.5. The van der Waals surface area contributed by atoms with Gasteiger partial charge in [0, 0.05) is 6.42 Å². The molecule has 3 saturated heterocycles. The smallest absolute Gasteiger partial charge is 0.220 e. The van der Waals surface area contributed by atoms with Gasteiger partial charge in [-0.1, -0.05) is 317 Å². The number of aliphatic hydroxyl groups is 11. The zero-order valence-electron chi connectivity index (χ0n) is 64.5. The van der Waals surface area contributed by atoms with Crippen LogP contribution in [0.3, 0.4) is 0 Å². The van der Waals surface area contributed by atoms with Crippen LogP contribution in [-0.4, -0.2) is 193 Å². The molecule has 17 unspecified atom stereocenters. The van der Waals surface area contributed by atoms with Gasteiger partial charge in [-0.2, -0.15) is 0 Å². The van der Waals surface area contributed by atoms with Crippen LogP contribution in [0.4, 0.5) is 0 Å². The van der Waals surface area contributed by atoms with Gasteiger partial charge in [0.2, 0.25) is 5.91 Å². The van der Waals surface area contributed by atoms with E-state index in [4.69, 9.17) is 28.4 Å². The number of amides is 1. The van der Waals surface area contributed by atoms with E-state index in [-0.39, 0.29) is 18.9 Å². The van der Waals surface area contributed by atoms with Crippen molar-refractivity contribution in [3.05, 3.63) is 97.2 Å². The van der Waals surface area contributed by atoms with Crippen LogP contribution < -0.4 is 5.32 Å². The quantitative estimate of drug-likeness (QED) is 0.0199. The van der Waals surface area contributed by atoms with Crippen LogP contribution in [0.15, 0.2) is 97.2 Å². The Morgan fingerprint density at radius 3 is 1.04 bits per heavy atom. The number of hydrogen-bond acceptors (Lipinski definition) is 18. The van der Waals surface area contributed by atoms with Gasteiger partial charge in [0.25, 0.3) is 0 Å². The Hall–Kier alpha value is -3.29. The molecule has 104 heavy (non-hydrogen) atoms. The van der Waals surface area contributed by atoms with Gasteiger partial charge >= 0.3 is 0 Å². The fraction of sp³-hybridized carbons (Fsp3) is 0.800. The summed E-state index contributed by atoms with van der Waals surface area (Å²) in [4.78, 5) is 13.5. The fourth-order valence-corrected chi connectivity index (χ4v) is 13.5. The van der Waals surface area contributed by atoms with Gasteiger partial charge in [-0.25, -0.2) is 0 Å². The monoisotopic (exact) mass is 1470 g/mol. The van der Waals surface area contributed by atoms with Crippen molar-refractivity contribution in [1.29, 1.82) is 0 Å². The van der Waals surface area contributed by atoms with Crippen LogP contribution in [0.5, 0.6) is 0 Å². The number of nitrogens with one attached hydrogen (secondary N) is 1. The molecule has 19 nitrogen and oxygen atoms in total. The summed E-state index contributed by atoms with van der Waals surface area (Å²) in [6.07, 6.45) is 61.0. The first-order chi connectivity index (χ1) is 50.8. The van der Waals surface area contributed by atoms with Crippen LogP contribution >= 0.6 is 0 Å². The summed E-state index contributed by atoms with van der Waals surface area (Å²) in [7, 11) is 0. The molecule has 0 spiro atoms. The van der Waals surface area contributed by atoms with E-state index in [1.807, 2.05) is 6.08 Å². The van der Waals surface area contributed by atoms with E-state index in [0.717, 1.165) is 103 Å². The normalized spacial score (nSPS) is 26.4. The van der Waals surface area contributed by atoms with E-state index in [0.29, 0.717) is 6.42 Å². The predicted molar refractivity (Wildman–Crippen MR) is 415 cm³/mol. The molecule has 3 aliphatic rings. The molecule has 3 rings (SSSR count). The van der Waals surface area contributed by atoms with Crippen LogP contribution in [0.1, 0.15) is 303 Å². The van der Waals surface area contributed by atoms with E-state index in [1.165, 1.54) is 173 Å². The average Bonchev–Trinajstić information content (AvgIpc) is 0.783. The summed E-state index contributed by atoms with van der Waals surface area (Å²) in [5, 5.41) is 121. The maximum atomic E-state index is 13.5. The van der Waals surface area contributed by atoms with E-state index >= 15 is 0 Å². The summed E-state index contributed by atoms with van der Waals surface area (Å²) in [6.45, 7) is 1.65. The highest BCUT2D eigenvalue weighted by atomic mass is 16.8. The second kappa shape index (κ2) is 64.5. The lowest BCUT2D eigenvalue weighted by atomic mass is 9.96. The van der Waals surface area contributed by atoms with Gasteiger partial charge < -0.3 is 89.9 Å². The minimum absolute atomic E-state index is 0.235. The number of carbonyl (C=O) groups excluding carboxylic acids is 1. The highest BCUT2D eigenvalue weighted by Crippen LogP contribution is 2.33. The lowest BCUT2D eigenvalue weighted by Gasteiger charge is -2.48. The van der Waals surface area contributed by atoms with E-state index in [2.05, 4.69) is 104 Å². The second-order valence-corrected chi connectivity index (χ2v) is 29.2. The molecule has 0 aromatic carbocycles. The highest BCUT2D eigenvalue weighted by Gasteiger charge is 2.54. The molecule has 0 bridgehead atoms. The Balaban J connectivity index is 1.37. The molecular formula is C85H149NO18. The van der Waals surface area contributed by atoms with Gasteiger partial charge in [0.1, 0.15) is 73.2 Å². The SMILES string of the molecule is CC/C=C\C/C=C\C/C=C\C/C=C\C/C=C\C/C=C\C/C=C\CCCCCCCCCCCCCC(=O)NC(COC1OC(CO)C(OC2OC(CO)C(OC3OC(CO)C(O)C(O)C3O)C(O)C2O)C(O)C1O)C(O)/C=C/CCCCCCCCCCCCCCCCCCCCCCCCCC. The van der Waals surface area contributed by atoms with E-state index < -0.39 is 124 Å². The molecule has 0 aromatic rings. The van der Waals surface area contributed by atoms with Crippen molar-refractivity contribution in [3.63, 3.8) is 0 Å². The summed E-state index contributed by atoms with van der Waals surface area (Å²) in [5.74, 6) is -0.279. The lowest BCUT2D eigenvalue weighted by molar-refractivity contribution is -0.379. The van der Waals surface area contributed by atoms with Crippen LogP contribution in [0.25, 0.3) is 0 Å². The Bertz CT molecular complexity index is 2260. The van der Waals surface area contributed by atoms with Crippen LogP contribution in [0, 0.1) is 0 Å². The first-order valence-electron chi connectivity index (χ1n) is 41.5. The molecule has 3 fully saturated rings. The molecular weight excluding hydrogens is 1320 g/mol. The second-order valence-electron chi connectivity index (χ2n) is 29.2. The topological polar surface area (TPSA) is 307 Å². The zero-order chi connectivity index (χ0) is 75.3. The van der Waals surface area contributed by atoms with Gasteiger partial charge in [-0.3, -0.25) is 4.79 Å². The van der Waals surface area contributed by atoms with Gasteiger partial charge in [0.15, 0.2) is 18.9 Å². The number of allylic oxidation sites excluding steroid dienone is 15. The molecule has 0 aliphatic carbocycles. The Labute approximate surface area is 628 Å². The molecule has 19 heteroatoms. The van der Waals surface area contributed by atoms with E-state index in [1.54, 1.807) is 6.08 Å². The first-order valence-corrected chi connectivity index (χ1v) is 41.5. The van der Waals surface area contributed by atoms with Gasteiger partial charge in [-0.05, 0) is 77.0 Å². The average molecular weight is 1470 g/mol. The Morgan fingerprint density at radius 1 is 0.356 bits per heavy atom. The standard InChI is InChI=1S/C85H149NO18/c1-3-5-7-9-11-13-15-17-19-21-23-25-27-29-31-32-33-34-35-36-37-39-41-43-45-47-49-51-53-55-57-59-61-63-73(91)86-68(69(90)62-60-58-56-54-52-50-48-46-44-42-40-38-30-28-26-24-22-20-18-16-14-12-10-8-6-4-2)67-99-83-79(97)76(94)81(71(65-88)101-83)104-85-80(98)77(95)82(72(66-89)102-85)103-84-78(96)75(93)74(92)70(64-87)100-84/h5,7,11,13,17,19,23,25,29,31,33-34,36-37,60,62,68-72,74-85,87-90,92-98H,3-4,6,8-10,12,14-16,18,20-22,24,26-28,30,32,35,38-59,61,63-67H2,1-2H3,(H,86,91)/b7-5-,13-11-,19-17-,25-23-,31-29-,34-33-,37-36-,62-60+. The molecule has 17 atom stereocenters. The van der Waals surface area contributed by atoms with Crippen molar-refractivity contribution in [3.8, 4) is 0 Å². The third-order valence-electron chi connectivity index (χ3n) is 20.1. The molecule has 0 saturated carbocycles. The number of unbranched alkanes of at least 4 members (excludes halogenated alkanes) is 35. The maximum Gasteiger partial charge on any atom is 0.220 e. The van der Waals surface area contributed by atoms with Crippen molar-refractivity contribution in [2.75, 3.05) is 26.4 Å². The Morgan fingerprint density at radius 2 is 0.663 bits per heavy atom. The molecule has 0 aromatic heterocycles. The molecule has 0 radical (unpaired) electrons. The minimum atomic E-state index is -1.98. The predicted octanol–water partition coefficient (Wildman–Crippen LogP) is 14.3. The number of carbonyl (C=O) groups is 1. The summed E-state index contributed by atoms with van der Waals surface area (Å²) in [6, 6.07) is -0.983. The van der Waals surface area contributed by atoms with E-state index in [9.17, 15) is 61.0 Å². The maximum absolute atomic E-state index is 13.5. The highest BCUT2D eigenvalue weighted by molar-refractivity contribution is 5.76. The number of aliphatic hydroxyl groups excluding tert-OH is 11. The number of ether oxygens (including phenoxy) is 6. The molecule has 3 aliphatic heterocycles. The van der Waals surface area contributed by atoms with Crippen LogP contribution in [-0.2, 0) is 33.2 Å². The molecule has 1 amide bonds. The largest absolute Gasteiger partial charge is 0.394 e. The van der Waals surface area contributed by atoms with Crippen molar-refractivity contribution >= 4 is 5.91 Å². The summed E-state index contributed by atoms with van der Waals surface area (Å²) in [5.41, 5.74) is 0. The van der Waals surface area contributed by atoms with Crippen molar-refractivity contribution in [2.45, 2.75) is 407 Å². The van der Waals surface area contributed by atoms with Crippen molar-refractivity contribution in [1.82, 2.24) is 5.32 Å². The minimum Gasteiger partial charge on any atom is -0.394 e. The number of hydrogen-bond donors (Lipinski definition) is 12. The van der Waals surface area contributed by atoms with Crippen molar-refractivity contribution < 1.29 is 89.4 Å². The first kappa shape index (κ1) is 94.9. The van der Waals surface area contributed by atoms with Gasteiger partial charge in [0.05, 0.1) is 38.6 Å². The third-order valence-corrected chi connectivity index (χ3v) is 20.1. The Kier molecular flexibility index (Phi) is 58.9. The van der Waals surface area contributed by atoms with Crippen molar-refractivity contribution in [2.24, 2.45) is 0 Å². The van der Waals surface area contributed by atoms with Gasteiger partial charge in [-0.15, -0.1) is 0 Å². The third kappa shape index (κ3) is 43.8. The molecule has 12 N–H and O–H groups in total. The lowest BCUT2D eigenvalue weighted by Crippen LogP contribution is -2.66.